The lowest BCUT2D eigenvalue weighted by atomic mass is 9.84. The zero-order chi connectivity index (χ0) is 21.6. The number of hydrogen-bond acceptors (Lipinski definition) is 5. The molecule has 1 aliphatic carbocycles. The minimum absolute atomic E-state index is 0.0566. The van der Waals surface area contributed by atoms with Crippen LogP contribution in [0.15, 0.2) is 35.4 Å². The number of aliphatic hydroxyl groups is 2. The van der Waals surface area contributed by atoms with E-state index in [1.807, 2.05) is 18.2 Å². The summed E-state index contributed by atoms with van der Waals surface area (Å²) in [4.78, 5) is 14.6. The summed E-state index contributed by atoms with van der Waals surface area (Å²) in [5.74, 6) is 0.491. The first kappa shape index (κ1) is 20.3. The van der Waals surface area contributed by atoms with Gasteiger partial charge in [-0.1, -0.05) is 11.6 Å². The van der Waals surface area contributed by atoms with E-state index in [0.29, 0.717) is 55.4 Å². The van der Waals surface area contributed by atoms with Gasteiger partial charge in [0.2, 0.25) is 5.90 Å². The van der Waals surface area contributed by atoms with Gasteiger partial charge in [-0.05, 0) is 62.4 Å². The number of nitrogens with one attached hydrogen (secondary N) is 1. The molecule has 0 spiro atoms. The third kappa shape index (κ3) is 4.27. The highest BCUT2D eigenvalue weighted by Crippen LogP contribution is 2.39. The van der Waals surface area contributed by atoms with E-state index in [1.54, 1.807) is 22.0 Å². The molecule has 1 unspecified atom stereocenters. The number of hydrogen-bond donors (Lipinski definition) is 3. The molecule has 1 saturated heterocycles. The number of H-pyrrole nitrogens is 1. The number of aliphatic hydroxyl groups excluding tert-OH is 1. The van der Waals surface area contributed by atoms with Crippen LogP contribution in [0.5, 0.6) is 0 Å². The molecule has 8 nitrogen and oxygen atoms in total. The Morgan fingerprint density at radius 3 is 2.61 bits per heavy atom. The second-order valence-electron chi connectivity index (χ2n) is 8.90. The highest BCUT2D eigenvalue weighted by atomic mass is 35.5. The van der Waals surface area contributed by atoms with Crippen molar-refractivity contribution in [2.75, 3.05) is 18.1 Å². The molecule has 1 atom stereocenters. The fourth-order valence-corrected chi connectivity index (χ4v) is 4.67. The van der Waals surface area contributed by atoms with Gasteiger partial charge >= 0.3 is 0 Å². The van der Waals surface area contributed by atoms with Crippen LogP contribution in [-0.2, 0) is 0 Å². The van der Waals surface area contributed by atoms with Crippen LogP contribution in [0.2, 0.25) is 5.02 Å². The standard InChI is InChI=1S/C22H26ClN5O3/c23-15-3-5-16(6-4-15)28-17(11-20(29)26-28)13-22(31)7-9-27(10-8-22)21(30)19-12-18(24-25-19)14-1-2-14/h3-6,12,14,17,31H,1-2,7-11,13H2,(H,24,25)(H,26,29). The number of nitrogens with zero attached hydrogens (tertiary/aromatic N) is 4. The van der Waals surface area contributed by atoms with Gasteiger partial charge in [-0.2, -0.15) is 5.10 Å². The highest BCUT2D eigenvalue weighted by Gasteiger charge is 2.40. The summed E-state index contributed by atoms with van der Waals surface area (Å²) in [5.41, 5.74) is 1.40. The van der Waals surface area contributed by atoms with Gasteiger partial charge in [0.25, 0.3) is 5.91 Å². The Balaban J connectivity index is 1.21. The van der Waals surface area contributed by atoms with Crippen molar-refractivity contribution in [2.24, 2.45) is 5.10 Å². The van der Waals surface area contributed by atoms with Crippen molar-refractivity contribution in [3.8, 4) is 0 Å². The molecule has 2 fully saturated rings. The van der Waals surface area contributed by atoms with E-state index in [9.17, 15) is 15.0 Å². The number of anilines is 1. The number of carbonyl (C=O) groups excluding carboxylic acids is 1. The van der Waals surface area contributed by atoms with Gasteiger partial charge in [-0.25, -0.2) is 0 Å². The lowest BCUT2D eigenvalue weighted by Gasteiger charge is -2.40. The molecule has 31 heavy (non-hydrogen) atoms. The fourth-order valence-electron chi connectivity index (χ4n) is 4.55. The van der Waals surface area contributed by atoms with E-state index in [-0.39, 0.29) is 17.8 Å². The zero-order valence-electron chi connectivity index (χ0n) is 17.2. The molecule has 2 aromatic rings. The molecule has 0 radical (unpaired) electrons. The van der Waals surface area contributed by atoms with Gasteiger partial charge in [0.15, 0.2) is 0 Å². The van der Waals surface area contributed by atoms with Gasteiger partial charge in [0.1, 0.15) is 5.69 Å². The molecule has 9 heteroatoms. The average Bonchev–Trinajstić information content (AvgIpc) is 3.37. The Bertz CT molecular complexity index is 993. The summed E-state index contributed by atoms with van der Waals surface area (Å²) in [6.45, 7) is 0.947. The molecular formula is C22H26ClN5O3. The van der Waals surface area contributed by atoms with Crippen molar-refractivity contribution in [3.63, 3.8) is 0 Å². The summed E-state index contributed by atoms with van der Waals surface area (Å²) >= 11 is 5.98. The molecule has 164 valence electrons. The molecule has 5 rings (SSSR count). The summed E-state index contributed by atoms with van der Waals surface area (Å²) in [7, 11) is 0. The Hall–Kier alpha value is -2.58. The van der Waals surface area contributed by atoms with Crippen LogP contribution in [0.1, 0.15) is 60.6 Å². The molecule has 1 amide bonds. The van der Waals surface area contributed by atoms with Gasteiger partial charge in [-0.3, -0.25) is 14.9 Å². The maximum absolute atomic E-state index is 12.8. The number of rotatable bonds is 5. The van der Waals surface area contributed by atoms with E-state index in [0.717, 1.165) is 24.2 Å². The minimum atomic E-state index is -0.920. The van der Waals surface area contributed by atoms with E-state index in [2.05, 4.69) is 15.3 Å². The first-order valence-corrected chi connectivity index (χ1v) is 11.2. The summed E-state index contributed by atoms with van der Waals surface area (Å²) in [6, 6.07) is 8.97. The third-order valence-electron chi connectivity index (χ3n) is 6.51. The van der Waals surface area contributed by atoms with Crippen LogP contribution in [0.3, 0.4) is 0 Å². The molecule has 3 heterocycles. The quantitative estimate of drug-likeness (QED) is 0.656. The van der Waals surface area contributed by atoms with Gasteiger partial charge in [-0.15, -0.1) is 5.10 Å². The Morgan fingerprint density at radius 2 is 1.94 bits per heavy atom. The van der Waals surface area contributed by atoms with Crippen LogP contribution in [-0.4, -0.2) is 61.8 Å². The third-order valence-corrected chi connectivity index (χ3v) is 6.76. The van der Waals surface area contributed by atoms with Gasteiger partial charge < -0.3 is 15.1 Å². The summed E-state index contributed by atoms with van der Waals surface area (Å²) in [6.07, 6.45) is 4.10. The van der Waals surface area contributed by atoms with Crippen LogP contribution in [0.4, 0.5) is 5.69 Å². The lowest BCUT2D eigenvalue weighted by molar-refractivity contribution is -0.0270. The van der Waals surface area contributed by atoms with E-state index >= 15 is 0 Å². The highest BCUT2D eigenvalue weighted by molar-refractivity contribution is 6.30. The number of benzene rings is 1. The van der Waals surface area contributed by atoms with Gasteiger partial charge in [0.05, 0.1) is 17.3 Å². The smallest absolute Gasteiger partial charge is 0.274 e. The van der Waals surface area contributed by atoms with Crippen molar-refractivity contribution in [1.29, 1.82) is 0 Å². The molecule has 1 aromatic heterocycles. The second-order valence-corrected chi connectivity index (χ2v) is 9.34. The number of likely N-dealkylation sites (tertiary alicyclic amines) is 1. The number of piperidine rings is 1. The van der Waals surface area contributed by atoms with Crippen molar-refractivity contribution in [3.05, 3.63) is 46.7 Å². The van der Waals surface area contributed by atoms with Crippen molar-refractivity contribution >= 4 is 29.1 Å². The largest absolute Gasteiger partial charge is 0.495 e. The molecule has 3 N–H and O–H groups in total. The predicted molar refractivity (Wildman–Crippen MR) is 118 cm³/mol. The summed E-state index contributed by atoms with van der Waals surface area (Å²) < 4.78 is 0. The normalized spacial score (nSPS) is 23.2. The lowest BCUT2D eigenvalue weighted by Crippen LogP contribution is -2.49. The number of hydrazone groups is 1. The number of aromatic amines is 1. The maximum Gasteiger partial charge on any atom is 0.274 e. The summed E-state index contributed by atoms with van der Waals surface area (Å²) in [5, 5.41) is 35.1. The van der Waals surface area contributed by atoms with E-state index < -0.39 is 5.60 Å². The Labute approximate surface area is 185 Å². The first-order chi connectivity index (χ1) is 14.9. The maximum atomic E-state index is 12.8. The zero-order valence-corrected chi connectivity index (χ0v) is 17.9. The number of halogens is 1. The number of aromatic nitrogens is 2. The molecule has 2 aliphatic heterocycles. The number of carbonyl (C=O) groups is 1. The molecule has 0 bridgehead atoms. The van der Waals surface area contributed by atoms with Crippen molar-refractivity contribution < 1.29 is 15.0 Å². The van der Waals surface area contributed by atoms with Crippen molar-refractivity contribution in [1.82, 2.24) is 15.1 Å². The monoisotopic (exact) mass is 443 g/mol. The first-order valence-electron chi connectivity index (χ1n) is 10.8. The number of amides is 1. The molecular weight excluding hydrogens is 418 g/mol. The Kier molecular flexibility index (Phi) is 5.14. The van der Waals surface area contributed by atoms with Crippen molar-refractivity contribution in [2.45, 2.75) is 56.1 Å². The van der Waals surface area contributed by atoms with Crippen LogP contribution in [0.25, 0.3) is 0 Å². The van der Waals surface area contributed by atoms with E-state index in [1.165, 1.54) is 0 Å². The average molecular weight is 444 g/mol. The van der Waals surface area contributed by atoms with E-state index in [4.69, 9.17) is 11.6 Å². The molecule has 1 saturated carbocycles. The minimum Gasteiger partial charge on any atom is -0.495 e. The molecule has 3 aliphatic rings. The fraction of sp³-hybridized carbons (Fsp3) is 0.500. The second kappa shape index (κ2) is 7.84. The predicted octanol–water partition coefficient (Wildman–Crippen LogP) is 3.45. The SMILES string of the molecule is O=C(c1cc(C2CC2)[nH]n1)N1CCC(O)(CC2CC(O)=NN2c2ccc(Cl)cc2)CC1. The van der Waals surface area contributed by atoms with Gasteiger partial charge in [0, 0.05) is 36.1 Å². The van der Waals surface area contributed by atoms with Crippen LogP contribution in [0, 0.1) is 0 Å². The van der Waals surface area contributed by atoms with Crippen LogP contribution >= 0.6 is 11.6 Å². The Morgan fingerprint density at radius 1 is 1.23 bits per heavy atom. The molecule has 1 aromatic carbocycles. The van der Waals surface area contributed by atoms with Crippen LogP contribution < -0.4 is 5.01 Å². The topological polar surface area (TPSA) is 105 Å².